The maximum absolute atomic E-state index is 13.0. The lowest BCUT2D eigenvalue weighted by molar-refractivity contribution is -0.165. The highest BCUT2D eigenvalue weighted by Gasteiger charge is 2.51. The van der Waals surface area contributed by atoms with Gasteiger partial charge in [-0.2, -0.15) is 0 Å². The van der Waals surface area contributed by atoms with Crippen LogP contribution in [0.1, 0.15) is 22.7 Å². The second-order valence-electron chi connectivity index (χ2n) is 7.10. The highest BCUT2D eigenvalue weighted by atomic mass is 16.7. The molecule has 160 valence electrons. The van der Waals surface area contributed by atoms with Gasteiger partial charge in [-0.05, 0) is 42.5 Å². The molecule has 31 heavy (non-hydrogen) atoms. The van der Waals surface area contributed by atoms with Crippen molar-refractivity contribution in [1.82, 2.24) is 15.1 Å². The second kappa shape index (κ2) is 8.10. The molecule has 1 amide bonds. The van der Waals surface area contributed by atoms with Crippen LogP contribution in [0.4, 0.5) is 0 Å². The summed E-state index contributed by atoms with van der Waals surface area (Å²) in [4.78, 5) is 26.3. The van der Waals surface area contributed by atoms with Crippen molar-refractivity contribution >= 4 is 11.9 Å². The zero-order valence-corrected chi connectivity index (χ0v) is 17.3. The van der Waals surface area contributed by atoms with Crippen molar-refractivity contribution in [3.05, 3.63) is 60.0 Å². The minimum Gasteiger partial charge on any atom is -0.465 e. The van der Waals surface area contributed by atoms with Crippen molar-refractivity contribution in [2.24, 2.45) is 0 Å². The SMILES string of the molecule is COC(=O)c1cccc(O[C@@]2(Oc3ccc(-c4nnc(C)o4)cc3)CCN(C)C2=O)c1. The first-order chi connectivity index (χ1) is 14.9. The van der Waals surface area contributed by atoms with Crippen LogP contribution in [-0.2, 0) is 9.53 Å². The van der Waals surface area contributed by atoms with Crippen LogP contribution < -0.4 is 9.47 Å². The third-order valence-electron chi connectivity index (χ3n) is 4.90. The molecule has 3 aromatic rings. The summed E-state index contributed by atoms with van der Waals surface area (Å²) in [6.45, 7) is 2.18. The largest absolute Gasteiger partial charge is 0.465 e. The Morgan fingerprint density at radius 2 is 1.84 bits per heavy atom. The molecule has 1 aromatic heterocycles. The highest BCUT2D eigenvalue weighted by molar-refractivity contribution is 5.90. The fourth-order valence-corrected chi connectivity index (χ4v) is 3.29. The molecule has 0 radical (unpaired) electrons. The predicted octanol–water partition coefficient (Wildman–Crippen LogP) is 2.85. The van der Waals surface area contributed by atoms with Gasteiger partial charge in [0.25, 0.3) is 0 Å². The van der Waals surface area contributed by atoms with E-state index in [0.717, 1.165) is 5.56 Å². The van der Waals surface area contributed by atoms with Gasteiger partial charge in [-0.25, -0.2) is 4.79 Å². The summed E-state index contributed by atoms with van der Waals surface area (Å²) in [6, 6.07) is 13.4. The van der Waals surface area contributed by atoms with E-state index in [4.69, 9.17) is 18.6 Å². The lowest BCUT2D eigenvalue weighted by Gasteiger charge is -2.29. The van der Waals surface area contributed by atoms with Crippen LogP contribution in [0.2, 0.25) is 0 Å². The standard InChI is InChI=1S/C22H21N3O6/c1-14-23-24-19(29-14)15-7-9-17(10-8-15)30-22(11-12-25(2)21(22)27)31-18-6-4-5-16(13-18)20(26)28-3/h4-10,13H,11-12H2,1-3H3/t22-/m0/s1. The lowest BCUT2D eigenvalue weighted by Crippen LogP contribution is -2.49. The first kappa shape index (κ1) is 20.4. The van der Waals surface area contributed by atoms with E-state index < -0.39 is 11.8 Å². The number of carbonyl (C=O) groups excluding carboxylic acids is 2. The van der Waals surface area contributed by atoms with Gasteiger partial charge in [0, 0.05) is 26.1 Å². The summed E-state index contributed by atoms with van der Waals surface area (Å²) in [6.07, 6.45) is 0.315. The molecule has 2 aromatic carbocycles. The molecule has 0 bridgehead atoms. The van der Waals surface area contributed by atoms with Crippen molar-refractivity contribution < 1.29 is 28.2 Å². The number of hydrogen-bond acceptors (Lipinski definition) is 8. The Kier molecular flexibility index (Phi) is 5.33. The van der Waals surface area contributed by atoms with Crippen LogP contribution in [0.15, 0.2) is 52.9 Å². The Labute approximate surface area is 178 Å². The lowest BCUT2D eigenvalue weighted by atomic mass is 10.2. The number of ether oxygens (including phenoxy) is 3. The average molecular weight is 423 g/mol. The van der Waals surface area contributed by atoms with Crippen LogP contribution in [0.3, 0.4) is 0 Å². The van der Waals surface area contributed by atoms with Gasteiger partial charge in [0.1, 0.15) is 11.5 Å². The van der Waals surface area contributed by atoms with Crippen molar-refractivity contribution in [2.75, 3.05) is 20.7 Å². The molecule has 1 fully saturated rings. The smallest absolute Gasteiger partial charge is 0.337 e. The number of methoxy groups -OCH3 is 1. The number of hydrogen-bond donors (Lipinski definition) is 0. The minimum atomic E-state index is -1.55. The molecule has 9 heteroatoms. The molecule has 1 aliphatic heterocycles. The van der Waals surface area contributed by atoms with Gasteiger partial charge in [-0.1, -0.05) is 6.07 Å². The molecule has 1 saturated heterocycles. The predicted molar refractivity (Wildman–Crippen MR) is 108 cm³/mol. The number of rotatable bonds is 6. The van der Waals surface area contributed by atoms with E-state index in [1.54, 1.807) is 61.3 Å². The van der Waals surface area contributed by atoms with Crippen molar-refractivity contribution in [3.8, 4) is 23.0 Å². The molecular formula is C22H21N3O6. The zero-order valence-electron chi connectivity index (χ0n) is 17.3. The number of aromatic nitrogens is 2. The topological polar surface area (TPSA) is 104 Å². The van der Waals surface area contributed by atoms with E-state index in [9.17, 15) is 9.59 Å². The van der Waals surface area contributed by atoms with Gasteiger partial charge in [-0.15, -0.1) is 10.2 Å². The second-order valence-corrected chi connectivity index (χ2v) is 7.10. The fraction of sp³-hybridized carbons (Fsp3) is 0.273. The molecule has 0 saturated carbocycles. The van der Waals surface area contributed by atoms with Crippen LogP contribution in [-0.4, -0.2) is 53.5 Å². The molecule has 2 heterocycles. The Bertz CT molecular complexity index is 1110. The minimum absolute atomic E-state index is 0.312. The van der Waals surface area contributed by atoms with Gasteiger partial charge >= 0.3 is 17.7 Å². The van der Waals surface area contributed by atoms with Crippen LogP contribution in [0.5, 0.6) is 11.5 Å². The number of aryl methyl sites for hydroxylation is 1. The number of benzene rings is 2. The van der Waals surface area contributed by atoms with E-state index >= 15 is 0 Å². The number of nitrogens with zero attached hydrogens (tertiary/aromatic N) is 3. The molecule has 9 nitrogen and oxygen atoms in total. The normalized spacial score (nSPS) is 18.2. The number of esters is 1. The molecule has 0 unspecified atom stereocenters. The highest BCUT2D eigenvalue weighted by Crippen LogP contribution is 2.33. The quantitative estimate of drug-likeness (QED) is 0.440. The molecule has 4 rings (SSSR count). The third-order valence-corrected chi connectivity index (χ3v) is 4.90. The van der Waals surface area contributed by atoms with Gasteiger partial charge < -0.3 is 23.5 Å². The van der Waals surface area contributed by atoms with Gasteiger partial charge in [-0.3, -0.25) is 4.79 Å². The summed E-state index contributed by atoms with van der Waals surface area (Å²) in [5.74, 6) is -0.735. The Morgan fingerprint density at radius 1 is 1.10 bits per heavy atom. The van der Waals surface area contributed by atoms with E-state index in [-0.39, 0.29) is 5.91 Å². The van der Waals surface area contributed by atoms with Crippen molar-refractivity contribution in [3.63, 3.8) is 0 Å². The average Bonchev–Trinajstić information content (AvgIpc) is 3.33. The van der Waals surface area contributed by atoms with Crippen LogP contribution >= 0.6 is 0 Å². The molecule has 0 N–H and O–H groups in total. The summed E-state index contributed by atoms with van der Waals surface area (Å²) in [5.41, 5.74) is 1.04. The molecule has 0 spiro atoms. The monoisotopic (exact) mass is 423 g/mol. The molecule has 1 atom stereocenters. The number of carbonyl (C=O) groups is 2. The fourth-order valence-electron chi connectivity index (χ4n) is 3.29. The summed E-state index contributed by atoms with van der Waals surface area (Å²) in [7, 11) is 2.98. The van der Waals surface area contributed by atoms with Gasteiger partial charge in [0.05, 0.1) is 19.1 Å². The van der Waals surface area contributed by atoms with Crippen molar-refractivity contribution in [1.29, 1.82) is 0 Å². The Morgan fingerprint density at radius 3 is 2.45 bits per heavy atom. The first-order valence-electron chi connectivity index (χ1n) is 9.63. The molecule has 0 aliphatic carbocycles. The number of likely N-dealkylation sites (tertiary alicyclic amines) is 1. The number of likely N-dealkylation sites (N-methyl/N-ethyl adjacent to an activating group) is 1. The first-order valence-corrected chi connectivity index (χ1v) is 9.63. The van der Waals surface area contributed by atoms with E-state index in [2.05, 4.69) is 10.2 Å². The Hall–Kier alpha value is -3.88. The van der Waals surface area contributed by atoms with E-state index in [1.165, 1.54) is 13.2 Å². The summed E-state index contributed by atoms with van der Waals surface area (Å²) < 4.78 is 22.3. The summed E-state index contributed by atoms with van der Waals surface area (Å²) >= 11 is 0. The maximum atomic E-state index is 13.0. The van der Waals surface area contributed by atoms with Crippen LogP contribution in [0.25, 0.3) is 11.5 Å². The van der Waals surface area contributed by atoms with Crippen molar-refractivity contribution in [2.45, 2.75) is 19.1 Å². The molecular weight excluding hydrogens is 402 g/mol. The third kappa shape index (κ3) is 4.07. The van der Waals surface area contributed by atoms with E-state index in [1.807, 2.05) is 0 Å². The van der Waals surface area contributed by atoms with E-state index in [0.29, 0.717) is 41.8 Å². The van der Waals surface area contributed by atoms with Gasteiger partial charge in [0.15, 0.2) is 0 Å². The summed E-state index contributed by atoms with van der Waals surface area (Å²) in [5, 5.41) is 7.81. The zero-order chi connectivity index (χ0) is 22.0. The number of amides is 1. The molecule has 1 aliphatic rings. The Balaban J connectivity index is 1.60. The van der Waals surface area contributed by atoms with Crippen LogP contribution in [0, 0.1) is 6.92 Å². The van der Waals surface area contributed by atoms with Gasteiger partial charge in [0.2, 0.25) is 11.8 Å². The maximum Gasteiger partial charge on any atom is 0.337 e.